The van der Waals surface area contributed by atoms with Crippen molar-refractivity contribution in [2.24, 2.45) is 7.05 Å². The number of thioether (sulfide) groups is 1. The van der Waals surface area contributed by atoms with Gasteiger partial charge < -0.3 is 4.74 Å². The molecule has 0 saturated heterocycles. The van der Waals surface area contributed by atoms with Crippen molar-refractivity contribution in [3.8, 4) is 0 Å². The molecule has 0 aliphatic heterocycles. The molecule has 0 aliphatic carbocycles. The van der Waals surface area contributed by atoms with Gasteiger partial charge in [-0.2, -0.15) is 0 Å². The Balaban J connectivity index is 3.18. The first kappa shape index (κ1) is 11.8. The van der Waals surface area contributed by atoms with Crippen LogP contribution in [0.15, 0.2) is 16.1 Å². The normalized spacial score (nSPS) is 10.1. The summed E-state index contributed by atoms with van der Waals surface area (Å²) in [7, 11) is 1.57. The molecule has 0 radical (unpaired) electrons. The number of carbonyl (C=O) groups excluding carboxylic acids is 1. The summed E-state index contributed by atoms with van der Waals surface area (Å²) < 4.78 is 6.07. The van der Waals surface area contributed by atoms with Crippen LogP contribution >= 0.6 is 11.8 Å². The molecule has 15 heavy (non-hydrogen) atoms. The van der Waals surface area contributed by atoms with E-state index in [4.69, 9.17) is 4.74 Å². The van der Waals surface area contributed by atoms with E-state index in [0.29, 0.717) is 5.16 Å². The van der Waals surface area contributed by atoms with Crippen LogP contribution in [0, 0.1) is 0 Å². The number of ether oxygens (including phenoxy) is 1. The van der Waals surface area contributed by atoms with Crippen molar-refractivity contribution in [1.82, 2.24) is 9.55 Å². The van der Waals surface area contributed by atoms with Crippen LogP contribution < -0.4 is 5.56 Å². The van der Waals surface area contributed by atoms with Crippen LogP contribution in [0.25, 0.3) is 0 Å². The third kappa shape index (κ3) is 2.38. The van der Waals surface area contributed by atoms with Crippen molar-refractivity contribution in [3.63, 3.8) is 0 Å². The summed E-state index contributed by atoms with van der Waals surface area (Å²) in [6.07, 6.45) is 3.07. The maximum absolute atomic E-state index is 11.7. The highest BCUT2D eigenvalue weighted by Gasteiger charge is 2.14. The second-order valence-electron chi connectivity index (χ2n) is 2.74. The fraction of sp³-hybridized carbons (Fsp3) is 0.444. The van der Waals surface area contributed by atoms with Gasteiger partial charge in [0, 0.05) is 13.2 Å². The van der Waals surface area contributed by atoms with Crippen molar-refractivity contribution in [2.45, 2.75) is 12.1 Å². The molecule has 6 heteroatoms. The van der Waals surface area contributed by atoms with Crippen LogP contribution in [0.3, 0.4) is 0 Å². The number of hydrogen-bond donors (Lipinski definition) is 0. The third-order valence-electron chi connectivity index (χ3n) is 1.80. The van der Waals surface area contributed by atoms with Crippen molar-refractivity contribution in [2.75, 3.05) is 12.9 Å². The molecule has 0 N–H and O–H groups in total. The summed E-state index contributed by atoms with van der Waals surface area (Å²) in [6.45, 7) is 1.93. The Morgan fingerprint density at radius 1 is 1.67 bits per heavy atom. The molecule has 82 valence electrons. The highest BCUT2D eigenvalue weighted by atomic mass is 32.2. The highest BCUT2D eigenvalue weighted by Crippen LogP contribution is 2.07. The molecule has 5 nitrogen and oxygen atoms in total. The van der Waals surface area contributed by atoms with E-state index in [0.717, 1.165) is 0 Å². The minimum absolute atomic E-state index is 0.0304. The quantitative estimate of drug-likeness (QED) is 0.432. The van der Waals surface area contributed by atoms with Gasteiger partial charge in [0.1, 0.15) is 5.56 Å². The first-order valence-corrected chi connectivity index (χ1v) is 5.61. The van der Waals surface area contributed by atoms with E-state index >= 15 is 0 Å². The minimum atomic E-state index is -0.627. The van der Waals surface area contributed by atoms with E-state index in [1.807, 2.05) is 6.26 Å². The van der Waals surface area contributed by atoms with Crippen molar-refractivity contribution >= 4 is 17.7 Å². The Labute approximate surface area is 91.5 Å². The maximum atomic E-state index is 11.7. The van der Waals surface area contributed by atoms with Gasteiger partial charge in [-0.05, 0) is 13.2 Å². The molecule has 1 heterocycles. The van der Waals surface area contributed by atoms with E-state index in [-0.39, 0.29) is 17.7 Å². The van der Waals surface area contributed by atoms with E-state index < -0.39 is 5.97 Å². The lowest BCUT2D eigenvalue weighted by Crippen LogP contribution is -2.27. The predicted molar refractivity (Wildman–Crippen MR) is 57.2 cm³/mol. The molecule has 0 fully saturated rings. The molecule has 1 aromatic heterocycles. The molecule has 0 aliphatic rings. The number of rotatable bonds is 3. The van der Waals surface area contributed by atoms with Gasteiger partial charge in [-0.3, -0.25) is 9.36 Å². The molecule has 0 spiro atoms. The standard InChI is InChI=1S/C9H12N2O3S/c1-4-14-8(13)6-5-10-9(15-3)11(2)7(6)12/h5H,4H2,1-3H3. The van der Waals surface area contributed by atoms with Gasteiger partial charge in [-0.15, -0.1) is 0 Å². The number of aromatic nitrogens is 2. The van der Waals surface area contributed by atoms with Crippen LogP contribution in [0.2, 0.25) is 0 Å². The second-order valence-corrected chi connectivity index (χ2v) is 3.52. The smallest absolute Gasteiger partial charge is 0.345 e. The Bertz CT molecular complexity index is 428. The van der Waals surface area contributed by atoms with Crippen LogP contribution in [0.5, 0.6) is 0 Å². The lowest BCUT2D eigenvalue weighted by atomic mass is 10.3. The largest absolute Gasteiger partial charge is 0.462 e. The van der Waals surface area contributed by atoms with E-state index in [9.17, 15) is 9.59 Å². The Morgan fingerprint density at radius 2 is 2.33 bits per heavy atom. The zero-order chi connectivity index (χ0) is 11.4. The number of esters is 1. The van der Waals surface area contributed by atoms with Gasteiger partial charge in [-0.1, -0.05) is 11.8 Å². The van der Waals surface area contributed by atoms with Crippen molar-refractivity contribution < 1.29 is 9.53 Å². The van der Waals surface area contributed by atoms with E-state index in [2.05, 4.69) is 4.98 Å². The molecular formula is C9H12N2O3S. The molecule has 1 aromatic rings. The number of nitrogens with zero attached hydrogens (tertiary/aromatic N) is 2. The van der Waals surface area contributed by atoms with Gasteiger partial charge in [0.05, 0.1) is 6.61 Å². The molecule has 1 rings (SSSR count). The van der Waals surface area contributed by atoms with Gasteiger partial charge in [0.25, 0.3) is 5.56 Å². The summed E-state index contributed by atoms with van der Waals surface area (Å²) in [5, 5.41) is 0.563. The van der Waals surface area contributed by atoms with Gasteiger partial charge in [0.2, 0.25) is 0 Å². The van der Waals surface area contributed by atoms with Gasteiger partial charge in [-0.25, -0.2) is 9.78 Å². The molecule has 0 bridgehead atoms. The van der Waals surface area contributed by atoms with Gasteiger partial charge in [0.15, 0.2) is 5.16 Å². The average Bonchev–Trinajstić information content (AvgIpc) is 2.22. The molecular weight excluding hydrogens is 216 g/mol. The summed E-state index contributed by atoms with van der Waals surface area (Å²) in [4.78, 5) is 27.0. The average molecular weight is 228 g/mol. The second kappa shape index (κ2) is 4.97. The first-order chi connectivity index (χ1) is 7.11. The fourth-order valence-corrected chi connectivity index (χ4v) is 1.58. The van der Waals surface area contributed by atoms with Gasteiger partial charge >= 0.3 is 5.97 Å². The van der Waals surface area contributed by atoms with Crippen molar-refractivity contribution in [3.05, 3.63) is 22.1 Å². The monoisotopic (exact) mass is 228 g/mol. The maximum Gasteiger partial charge on any atom is 0.345 e. The van der Waals surface area contributed by atoms with E-state index in [1.165, 1.54) is 22.5 Å². The number of hydrogen-bond acceptors (Lipinski definition) is 5. The van der Waals surface area contributed by atoms with Crippen LogP contribution in [-0.4, -0.2) is 28.4 Å². The molecule has 0 amide bonds. The first-order valence-electron chi connectivity index (χ1n) is 4.39. The Kier molecular flexibility index (Phi) is 3.90. The summed E-state index contributed by atoms with van der Waals surface area (Å²) in [5.74, 6) is -0.627. The van der Waals surface area contributed by atoms with Crippen LogP contribution in [0.4, 0.5) is 0 Å². The van der Waals surface area contributed by atoms with Crippen LogP contribution in [0.1, 0.15) is 17.3 Å². The molecule has 0 unspecified atom stereocenters. The van der Waals surface area contributed by atoms with Crippen LogP contribution in [-0.2, 0) is 11.8 Å². The Morgan fingerprint density at radius 3 is 2.87 bits per heavy atom. The van der Waals surface area contributed by atoms with E-state index in [1.54, 1.807) is 14.0 Å². The fourth-order valence-electron chi connectivity index (χ4n) is 1.07. The highest BCUT2D eigenvalue weighted by molar-refractivity contribution is 7.98. The predicted octanol–water partition coefficient (Wildman–Crippen LogP) is 0.679. The molecule has 0 atom stereocenters. The number of carbonyl (C=O) groups is 1. The van der Waals surface area contributed by atoms with Crippen molar-refractivity contribution in [1.29, 1.82) is 0 Å². The zero-order valence-corrected chi connectivity index (χ0v) is 9.63. The SMILES string of the molecule is CCOC(=O)c1cnc(SC)n(C)c1=O. The Hall–Kier alpha value is -1.30. The third-order valence-corrected chi connectivity index (χ3v) is 2.55. The lowest BCUT2D eigenvalue weighted by molar-refractivity contribution is 0.0522. The topological polar surface area (TPSA) is 61.2 Å². The zero-order valence-electron chi connectivity index (χ0n) is 8.81. The summed E-state index contributed by atoms with van der Waals surface area (Å²) >= 11 is 1.34. The molecule has 0 aromatic carbocycles. The summed E-state index contributed by atoms with van der Waals surface area (Å²) in [5.41, 5.74) is -0.412. The lowest BCUT2D eigenvalue weighted by Gasteiger charge is -2.06. The summed E-state index contributed by atoms with van der Waals surface area (Å²) in [6, 6.07) is 0. The minimum Gasteiger partial charge on any atom is -0.462 e. The molecule has 0 saturated carbocycles.